The summed E-state index contributed by atoms with van der Waals surface area (Å²) in [7, 11) is 0. The van der Waals surface area contributed by atoms with Crippen molar-refractivity contribution >= 4 is 17.6 Å². The Balaban J connectivity index is 2.07. The molecule has 0 radical (unpaired) electrons. The highest BCUT2D eigenvalue weighted by atomic mass is 16.2. The van der Waals surface area contributed by atoms with Gasteiger partial charge < -0.3 is 5.32 Å². The molecule has 1 aliphatic heterocycles. The van der Waals surface area contributed by atoms with Crippen LogP contribution in [0.3, 0.4) is 0 Å². The lowest BCUT2D eigenvalue weighted by Gasteiger charge is -2.22. The Labute approximate surface area is 115 Å². The molecule has 1 fully saturated rings. The Morgan fingerprint density at radius 1 is 1.40 bits per heavy atom. The van der Waals surface area contributed by atoms with E-state index in [0.29, 0.717) is 5.69 Å². The molecule has 3 rings (SSSR count). The lowest BCUT2D eigenvalue weighted by Crippen LogP contribution is -2.51. The largest absolute Gasteiger partial charge is 0.337 e. The number of urea groups is 1. The van der Waals surface area contributed by atoms with E-state index < -0.39 is 11.9 Å². The Bertz CT molecular complexity index is 691. The van der Waals surface area contributed by atoms with Crippen molar-refractivity contribution in [1.82, 2.24) is 25.2 Å². The monoisotopic (exact) mass is 273 g/mol. The fraction of sp³-hybridized carbons (Fsp3) is 0.385. The van der Waals surface area contributed by atoms with Crippen molar-refractivity contribution in [2.45, 2.75) is 25.7 Å². The summed E-state index contributed by atoms with van der Waals surface area (Å²) in [5.74, 6) is -0.532. The van der Waals surface area contributed by atoms with Crippen LogP contribution in [0.4, 0.5) is 4.79 Å². The van der Waals surface area contributed by atoms with Gasteiger partial charge in [0.05, 0.1) is 11.6 Å². The molecule has 7 heteroatoms. The summed E-state index contributed by atoms with van der Waals surface area (Å²) >= 11 is 0. The van der Waals surface area contributed by atoms with E-state index in [9.17, 15) is 9.59 Å². The molecule has 2 aromatic heterocycles. The normalized spacial score (nSPS) is 19.2. The molecule has 2 aromatic rings. The molecule has 0 saturated carbocycles. The number of carbonyl (C=O) groups excluding carboxylic acids is 2. The SMILES string of the molecule is CC(C)c1cc(C2CNC(=O)NC2=O)nn2ccnc12. The molecule has 1 aliphatic rings. The van der Waals surface area contributed by atoms with Crippen LogP contribution in [0, 0.1) is 0 Å². The lowest BCUT2D eigenvalue weighted by molar-refractivity contribution is -0.122. The second-order valence-corrected chi connectivity index (χ2v) is 5.13. The molecule has 0 aromatic carbocycles. The highest BCUT2D eigenvalue weighted by Gasteiger charge is 2.29. The summed E-state index contributed by atoms with van der Waals surface area (Å²) in [5, 5.41) is 9.30. The van der Waals surface area contributed by atoms with Crippen molar-refractivity contribution in [2.24, 2.45) is 0 Å². The maximum atomic E-state index is 11.9. The number of imidazole rings is 1. The van der Waals surface area contributed by atoms with Gasteiger partial charge in [0.15, 0.2) is 5.65 Å². The van der Waals surface area contributed by atoms with Crippen LogP contribution in [-0.4, -0.2) is 33.1 Å². The van der Waals surface area contributed by atoms with E-state index in [2.05, 4.69) is 34.6 Å². The van der Waals surface area contributed by atoms with Gasteiger partial charge in [0, 0.05) is 24.5 Å². The molecule has 20 heavy (non-hydrogen) atoms. The smallest absolute Gasteiger partial charge is 0.321 e. The van der Waals surface area contributed by atoms with Gasteiger partial charge in [-0.2, -0.15) is 5.10 Å². The maximum absolute atomic E-state index is 11.9. The standard InChI is InChI=1S/C13H15N5O2/c1-7(2)8-5-10(17-18-4-3-14-11(8)18)9-6-15-13(20)16-12(9)19/h3-5,7,9H,6H2,1-2H3,(H2,15,16,19,20). The Hall–Kier alpha value is -2.44. The average Bonchev–Trinajstić information content (AvgIpc) is 2.85. The molecular weight excluding hydrogens is 258 g/mol. The number of rotatable bonds is 2. The Morgan fingerprint density at radius 3 is 2.90 bits per heavy atom. The molecule has 7 nitrogen and oxygen atoms in total. The van der Waals surface area contributed by atoms with Gasteiger partial charge in [-0.25, -0.2) is 14.3 Å². The maximum Gasteiger partial charge on any atom is 0.321 e. The van der Waals surface area contributed by atoms with Crippen molar-refractivity contribution < 1.29 is 9.59 Å². The summed E-state index contributed by atoms with van der Waals surface area (Å²) in [6, 6.07) is 1.44. The summed E-state index contributed by atoms with van der Waals surface area (Å²) in [4.78, 5) is 27.3. The van der Waals surface area contributed by atoms with Crippen LogP contribution < -0.4 is 10.6 Å². The van der Waals surface area contributed by atoms with E-state index in [-0.39, 0.29) is 18.4 Å². The first kappa shape index (κ1) is 12.6. The van der Waals surface area contributed by atoms with Crippen molar-refractivity contribution in [1.29, 1.82) is 0 Å². The first-order chi connectivity index (χ1) is 9.56. The van der Waals surface area contributed by atoms with E-state index in [0.717, 1.165) is 11.2 Å². The molecule has 0 bridgehead atoms. The van der Waals surface area contributed by atoms with Gasteiger partial charge in [-0.1, -0.05) is 13.8 Å². The third-order valence-electron chi connectivity index (χ3n) is 3.41. The van der Waals surface area contributed by atoms with Crippen molar-refractivity contribution in [3.05, 3.63) is 29.7 Å². The number of carbonyl (C=O) groups is 2. The molecule has 3 amide bonds. The van der Waals surface area contributed by atoms with Crippen molar-refractivity contribution in [2.75, 3.05) is 6.54 Å². The van der Waals surface area contributed by atoms with Gasteiger partial charge >= 0.3 is 6.03 Å². The second kappa shape index (κ2) is 4.59. The molecular formula is C13H15N5O2. The number of hydrogen-bond acceptors (Lipinski definition) is 4. The number of fused-ring (bicyclic) bond motifs is 1. The summed E-state index contributed by atoms with van der Waals surface area (Å²) < 4.78 is 1.67. The summed E-state index contributed by atoms with van der Waals surface area (Å²) in [6.07, 6.45) is 3.44. The highest BCUT2D eigenvalue weighted by molar-refractivity contribution is 6.00. The number of imide groups is 1. The van der Waals surface area contributed by atoms with Gasteiger partial charge in [-0.15, -0.1) is 0 Å². The molecule has 104 valence electrons. The van der Waals surface area contributed by atoms with E-state index in [1.54, 1.807) is 16.9 Å². The first-order valence-electron chi connectivity index (χ1n) is 6.49. The number of nitrogens with one attached hydrogen (secondary N) is 2. The van der Waals surface area contributed by atoms with Crippen LogP contribution in [0.15, 0.2) is 18.5 Å². The van der Waals surface area contributed by atoms with E-state index in [4.69, 9.17) is 0 Å². The molecule has 1 unspecified atom stereocenters. The summed E-state index contributed by atoms with van der Waals surface area (Å²) in [5.41, 5.74) is 2.46. The quantitative estimate of drug-likeness (QED) is 0.846. The van der Waals surface area contributed by atoms with Crippen LogP contribution >= 0.6 is 0 Å². The topological polar surface area (TPSA) is 88.4 Å². The minimum Gasteiger partial charge on any atom is -0.337 e. The van der Waals surface area contributed by atoms with E-state index in [1.807, 2.05) is 6.07 Å². The van der Waals surface area contributed by atoms with Gasteiger partial charge in [-0.05, 0) is 12.0 Å². The fourth-order valence-electron chi connectivity index (χ4n) is 2.33. The van der Waals surface area contributed by atoms with Gasteiger partial charge in [0.25, 0.3) is 0 Å². The Morgan fingerprint density at radius 2 is 2.20 bits per heavy atom. The average molecular weight is 273 g/mol. The summed E-state index contributed by atoms with van der Waals surface area (Å²) in [6.45, 7) is 4.39. The highest BCUT2D eigenvalue weighted by Crippen LogP contribution is 2.23. The molecule has 2 N–H and O–H groups in total. The number of nitrogens with zero attached hydrogens (tertiary/aromatic N) is 3. The third-order valence-corrected chi connectivity index (χ3v) is 3.41. The predicted molar refractivity (Wildman–Crippen MR) is 71.4 cm³/mol. The molecule has 0 aliphatic carbocycles. The van der Waals surface area contributed by atoms with Crippen molar-refractivity contribution in [3.63, 3.8) is 0 Å². The van der Waals surface area contributed by atoms with Gasteiger partial charge in [-0.3, -0.25) is 10.1 Å². The molecule has 0 spiro atoms. The van der Waals surface area contributed by atoms with Crippen LogP contribution in [0.25, 0.3) is 5.65 Å². The minimum absolute atomic E-state index is 0.259. The zero-order valence-corrected chi connectivity index (χ0v) is 11.3. The first-order valence-corrected chi connectivity index (χ1v) is 6.49. The van der Waals surface area contributed by atoms with Crippen LogP contribution in [0.2, 0.25) is 0 Å². The molecule has 3 heterocycles. The molecule has 1 atom stereocenters. The second-order valence-electron chi connectivity index (χ2n) is 5.13. The van der Waals surface area contributed by atoms with Gasteiger partial charge in [0.2, 0.25) is 5.91 Å². The minimum atomic E-state index is -0.475. The third kappa shape index (κ3) is 2.01. The van der Waals surface area contributed by atoms with E-state index >= 15 is 0 Å². The van der Waals surface area contributed by atoms with Crippen LogP contribution in [0.1, 0.15) is 36.9 Å². The van der Waals surface area contributed by atoms with Crippen LogP contribution in [0.5, 0.6) is 0 Å². The van der Waals surface area contributed by atoms with Crippen molar-refractivity contribution in [3.8, 4) is 0 Å². The van der Waals surface area contributed by atoms with Crippen LogP contribution in [-0.2, 0) is 4.79 Å². The predicted octanol–water partition coefficient (Wildman–Crippen LogP) is 0.776. The zero-order chi connectivity index (χ0) is 14.3. The number of hydrogen-bond donors (Lipinski definition) is 2. The molecule has 1 saturated heterocycles. The number of amides is 3. The van der Waals surface area contributed by atoms with E-state index in [1.165, 1.54) is 0 Å². The zero-order valence-electron chi connectivity index (χ0n) is 11.3. The fourth-order valence-corrected chi connectivity index (χ4v) is 2.33. The van der Waals surface area contributed by atoms with Gasteiger partial charge in [0.1, 0.15) is 0 Å². The Kier molecular flexibility index (Phi) is 2.89. The number of aromatic nitrogens is 3. The lowest BCUT2D eigenvalue weighted by atomic mass is 9.98.